The van der Waals surface area contributed by atoms with Gasteiger partial charge in [0.15, 0.2) is 0 Å². The summed E-state index contributed by atoms with van der Waals surface area (Å²) in [6, 6.07) is 0. The first-order chi connectivity index (χ1) is 5.49. The van der Waals surface area contributed by atoms with Crippen molar-refractivity contribution in [2.45, 2.75) is 23.5 Å². The second-order valence-corrected chi connectivity index (χ2v) is 5.66. The van der Waals surface area contributed by atoms with E-state index in [9.17, 15) is 9.59 Å². The first-order valence-corrected chi connectivity index (χ1v) is 5.41. The Morgan fingerprint density at radius 3 is 2.17 bits per heavy atom. The summed E-state index contributed by atoms with van der Waals surface area (Å²) in [6.45, 7) is 1.89. The Labute approximate surface area is 88.3 Å². The average molecular weight is 301 g/mol. The molecule has 12 heavy (non-hydrogen) atoms. The molecular formula is C7H11Br2NO2. The molecule has 0 rings (SSSR count). The van der Waals surface area contributed by atoms with Crippen LogP contribution in [0.3, 0.4) is 0 Å². The minimum atomic E-state index is -0.570. The molecule has 0 aromatic rings. The van der Waals surface area contributed by atoms with Crippen LogP contribution in [0.5, 0.6) is 0 Å². The van der Waals surface area contributed by atoms with E-state index in [4.69, 9.17) is 5.73 Å². The summed E-state index contributed by atoms with van der Waals surface area (Å²) < 4.78 is -0.0816. The molecule has 0 aromatic carbocycles. The number of carbonyl (C=O) groups excluding carboxylic acids is 2. The van der Waals surface area contributed by atoms with E-state index in [0.717, 1.165) is 0 Å². The fourth-order valence-electron chi connectivity index (χ4n) is 0.849. The third kappa shape index (κ3) is 4.21. The standard InChI is InChI=1S/C7H11Br2NO2/c1-2-4(7(8)9)5(11)3-6(10)12/h4,7H,2-3H2,1H3,(H2,10,12). The molecule has 1 unspecified atom stereocenters. The third-order valence-corrected chi connectivity index (χ3v) is 2.78. The lowest BCUT2D eigenvalue weighted by atomic mass is 10.0. The van der Waals surface area contributed by atoms with Gasteiger partial charge in [-0.1, -0.05) is 38.8 Å². The van der Waals surface area contributed by atoms with Crippen LogP contribution in [0.25, 0.3) is 0 Å². The molecule has 5 heteroatoms. The minimum absolute atomic E-state index is 0.0816. The van der Waals surface area contributed by atoms with Crippen molar-refractivity contribution in [1.29, 1.82) is 0 Å². The van der Waals surface area contributed by atoms with E-state index in [2.05, 4.69) is 31.9 Å². The van der Waals surface area contributed by atoms with Gasteiger partial charge in [0.05, 0.1) is 10.2 Å². The quantitative estimate of drug-likeness (QED) is 0.619. The first-order valence-electron chi connectivity index (χ1n) is 3.58. The van der Waals surface area contributed by atoms with Crippen molar-refractivity contribution < 1.29 is 9.59 Å². The van der Waals surface area contributed by atoms with E-state index >= 15 is 0 Å². The monoisotopic (exact) mass is 299 g/mol. The fraction of sp³-hybridized carbons (Fsp3) is 0.714. The zero-order valence-electron chi connectivity index (χ0n) is 6.72. The van der Waals surface area contributed by atoms with Gasteiger partial charge in [-0.05, 0) is 6.42 Å². The number of hydrogen-bond donors (Lipinski definition) is 1. The Bertz CT molecular complexity index is 182. The van der Waals surface area contributed by atoms with E-state index in [1.165, 1.54) is 0 Å². The van der Waals surface area contributed by atoms with Gasteiger partial charge in [0.1, 0.15) is 5.78 Å². The van der Waals surface area contributed by atoms with Crippen molar-refractivity contribution in [3.63, 3.8) is 0 Å². The predicted octanol–water partition coefficient (Wildman–Crippen LogP) is 1.57. The van der Waals surface area contributed by atoms with Gasteiger partial charge in [-0.25, -0.2) is 0 Å². The van der Waals surface area contributed by atoms with Crippen molar-refractivity contribution in [1.82, 2.24) is 0 Å². The maximum absolute atomic E-state index is 11.3. The Balaban J connectivity index is 4.12. The highest BCUT2D eigenvalue weighted by Crippen LogP contribution is 2.24. The highest BCUT2D eigenvalue weighted by atomic mass is 79.9. The maximum Gasteiger partial charge on any atom is 0.224 e. The van der Waals surface area contributed by atoms with Crippen LogP contribution in [0, 0.1) is 5.92 Å². The topological polar surface area (TPSA) is 60.2 Å². The minimum Gasteiger partial charge on any atom is -0.369 e. The molecule has 1 atom stereocenters. The molecule has 2 N–H and O–H groups in total. The van der Waals surface area contributed by atoms with Crippen LogP contribution in [0.15, 0.2) is 0 Å². The molecule has 0 saturated carbocycles. The number of Topliss-reactive ketones (excluding diaryl/α,β-unsaturated/α-hetero) is 1. The van der Waals surface area contributed by atoms with Crippen LogP contribution in [0.4, 0.5) is 0 Å². The number of carbonyl (C=O) groups is 2. The second-order valence-electron chi connectivity index (χ2n) is 2.46. The van der Waals surface area contributed by atoms with Crippen LogP contribution >= 0.6 is 31.9 Å². The number of amides is 1. The SMILES string of the molecule is CCC(C(=O)CC(N)=O)C(Br)Br. The summed E-state index contributed by atoms with van der Waals surface area (Å²) in [4.78, 5) is 21.7. The summed E-state index contributed by atoms with van der Waals surface area (Å²) in [5.41, 5.74) is 4.90. The second kappa shape index (κ2) is 5.70. The molecule has 3 nitrogen and oxygen atoms in total. The number of nitrogens with two attached hydrogens (primary N) is 1. The molecule has 0 aliphatic carbocycles. The first kappa shape index (κ1) is 12.1. The van der Waals surface area contributed by atoms with E-state index in [1.54, 1.807) is 0 Å². The van der Waals surface area contributed by atoms with E-state index in [1.807, 2.05) is 6.92 Å². The number of rotatable bonds is 5. The number of halogens is 2. The molecule has 70 valence electrons. The fourth-order valence-corrected chi connectivity index (χ4v) is 2.19. The molecule has 0 aliphatic rings. The molecule has 1 amide bonds. The van der Waals surface area contributed by atoms with Gasteiger partial charge < -0.3 is 5.73 Å². The highest BCUT2D eigenvalue weighted by molar-refractivity contribution is 9.24. The van der Waals surface area contributed by atoms with Crippen molar-refractivity contribution in [3.8, 4) is 0 Å². The molecule has 0 aromatic heterocycles. The summed E-state index contributed by atoms with van der Waals surface area (Å²) in [6.07, 6.45) is 0.513. The van der Waals surface area contributed by atoms with Gasteiger partial charge in [-0.2, -0.15) is 0 Å². The number of primary amides is 1. The number of alkyl halides is 2. The lowest BCUT2D eigenvalue weighted by molar-refractivity contribution is -0.128. The summed E-state index contributed by atoms with van der Waals surface area (Å²) in [5, 5.41) is 0. The zero-order chi connectivity index (χ0) is 9.72. The number of hydrogen-bond acceptors (Lipinski definition) is 2. The van der Waals surface area contributed by atoms with Gasteiger partial charge in [-0.3, -0.25) is 9.59 Å². The van der Waals surface area contributed by atoms with Crippen LogP contribution in [0.1, 0.15) is 19.8 Å². The van der Waals surface area contributed by atoms with Crippen LogP contribution < -0.4 is 5.73 Å². The van der Waals surface area contributed by atoms with E-state index < -0.39 is 5.91 Å². The molecule has 0 radical (unpaired) electrons. The smallest absolute Gasteiger partial charge is 0.224 e. The molecule has 0 fully saturated rings. The molecule has 0 heterocycles. The number of ketones is 1. The Morgan fingerprint density at radius 1 is 1.42 bits per heavy atom. The van der Waals surface area contributed by atoms with Gasteiger partial charge in [-0.15, -0.1) is 0 Å². The van der Waals surface area contributed by atoms with Gasteiger partial charge in [0.25, 0.3) is 0 Å². The van der Waals surface area contributed by atoms with Crippen LogP contribution in [0.2, 0.25) is 0 Å². The normalized spacial score (nSPS) is 13.0. The van der Waals surface area contributed by atoms with E-state index in [0.29, 0.717) is 6.42 Å². The van der Waals surface area contributed by atoms with Gasteiger partial charge in [0.2, 0.25) is 5.91 Å². The largest absolute Gasteiger partial charge is 0.369 e. The summed E-state index contributed by atoms with van der Waals surface area (Å²) >= 11 is 6.47. The molecular weight excluding hydrogens is 290 g/mol. The Hall–Kier alpha value is 0.1000. The average Bonchev–Trinajstić information content (AvgIpc) is 1.85. The summed E-state index contributed by atoms with van der Waals surface area (Å²) in [5.74, 6) is -0.875. The highest BCUT2D eigenvalue weighted by Gasteiger charge is 2.23. The van der Waals surface area contributed by atoms with Crippen molar-refractivity contribution >= 4 is 43.6 Å². The Morgan fingerprint density at radius 2 is 1.92 bits per heavy atom. The van der Waals surface area contributed by atoms with Crippen LogP contribution in [-0.4, -0.2) is 15.4 Å². The molecule has 0 bridgehead atoms. The lowest BCUT2D eigenvalue weighted by Gasteiger charge is -2.13. The Kier molecular flexibility index (Phi) is 5.74. The van der Waals surface area contributed by atoms with Crippen LogP contribution in [-0.2, 0) is 9.59 Å². The maximum atomic E-state index is 11.3. The van der Waals surface area contributed by atoms with Crippen molar-refractivity contribution in [2.75, 3.05) is 0 Å². The predicted molar refractivity (Wildman–Crippen MR) is 54.2 cm³/mol. The lowest BCUT2D eigenvalue weighted by Crippen LogP contribution is -2.25. The third-order valence-electron chi connectivity index (χ3n) is 1.51. The van der Waals surface area contributed by atoms with E-state index in [-0.39, 0.29) is 21.9 Å². The van der Waals surface area contributed by atoms with Gasteiger partial charge >= 0.3 is 0 Å². The summed E-state index contributed by atoms with van der Waals surface area (Å²) in [7, 11) is 0. The van der Waals surface area contributed by atoms with Crippen molar-refractivity contribution in [2.24, 2.45) is 11.7 Å². The van der Waals surface area contributed by atoms with Crippen molar-refractivity contribution in [3.05, 3.63) is 0 Å². The zero-order valence-corrected chi connectivity index (χ0v) is 9.89. The molecule has 0 spiro atoms. The molecule has 0 saturated heterocycles. The van der Waals surface area contributed by atoms with Gasteiger partial charge in [0, 0.05) is 5.92 Å². The molecule has 0 aliphatic heterocycles.